The largest absolute Gasteiger partial charge is 0.383 e. The molecule has 16 heavy (non-hydrogen) atoms. The van der Waals surface area contributed by atoms with E-state index < -0.39 is 0 Å². The topological polar surface area (TPSA) is 38.5 Å². The zero-order chi connectivity index (χ0) is 12.4. The Morgan fingerprint density at radius 2 is 2.06 bits per heavy atom. The molecule has 3 heteroatoms. The normalized spacial score (nSPS) is 24.2. The van der Waals surface area contributed by atoms with Crippen molar-refractivity contribution >= 4 is 0 Å². The second kappa shape index (κ2) is 5.03. The van der Waals surface area contributed by atoms with Gasteiger partial charge in [-0.1, -0.05) is 13.8 Å². The molecule has 2 atom stereocenters. The minimum absolute atomic E-state index is 0.111. The van der Waals surface area contributed by atoms with E-state index in [2.05, 4.69) is 32.6 Å². The van der Waals surface area contributed by atoms with E-state index in [9.17, 15) is 0 Å². The highest BCUT2D eigenvalue weighted by Crippen LogP contribution is 2.55. The van der Waals surface area contributed by atoms with Crippen LogP contribution in [-0.4, -0.2) is 43.3 Å². The van der Waals surface area contributed by atoms with Crippen LogP contribution in [0.15, 0.2) is 0 Å². The zero-order valence-electron chi connectivity index (χ0n) is 11.5. The summed E-state index contributed by atoms with van der Waals surface area (Å²) >= 11 is 0. The van der Waals surface area contributed by atoms with Gasteiger partial charge in [-0.3, -0.25) is 4.90 Å². The van der Waals surface area contributed by atoms with Crippen LogP contribution in [0.3, 0.4) is 0 Å². The van der Waals surface area contributed by atoms with Crippen molar-refractivity contribution in [3.05, 3.63) is 0 Å². The van der Waals surface area contributed by atoms with E-state index in [1.54, 1.807) is 7.11 Å². The van der Waals surface area contributed by atoms with Gasteiger partial charge in [0.15, 0.2) is 0 Å². The summed E-state index contributed by atoms with van der Waals surface area (Å²) in [7, 11) is 1.77. The fourth-order valence-electron chi connectivity index (χ4n) is 2.91. The fraction of sp³-hybridized carbons (Fsp3) is 1.00. The Labute approximate surface area is 100 Å². The Balaban J connectivity index is 2.83. The molecule has 0 saturated heterocycles. The van der Waals surface area contributed by atoms with Crippen molar-refractivity contribution in [3.63, 3.8) is 0 Å². The molecule has 96 valence electrons. The smallest absolute Gasteiger partial charge is 0.0615 e. The first-order valence-electron chi connectivity index (χ1n) is 6.41. The molecule has 0 aromatic carbocycles. The molecule has 2 N–H and O–H groups in total. The van der Waals surface area contributed by atoms with Crippen molar-refractivity contribution in [2.45, 2.75) is 52.1 Å². The van der Waals surface area contributed by atoms with Crippen LogP contribution in [0.25, 0.3) is 0 Å². The average molecular weight is 228 g/mol. The van der Waals surface area contributed by atoms with Gasteiger partial charge < -0.3 is 10.5 Å². The lowest BCUT2D eigenvalue weighted by molar-refractivity contribution is -0.00808. The maximum Gasteiger partial charge on any atom is 0.0615 e. The summed E-state index contributed by atoms with van der Waals surface area (Å²) in [5.74, 6) is 0. The quantitative estimate of drug-likeness (QED) is 0.723. The van der Waals surface area contributed by atoms with Crippen molar-refractivity contribution in [2.75, 3.05) is 26.8 Å². The van der Waals surface area contributed by atoms with Crippen LogP contribution in [0.4, 0.5) is 0 Å². The molecule has 0 spiro atoms. The van der Waals surface area contributed by atoms with Crippen LogP contribution in [0.2, 0.25) is 0 Å². The van der Waals surface area contributed by atoms with E-state index in [1.807, 2.05) is 0 Å². The first-order valence-corrected chi connectivity index (χ1v) is 6.41. The Kier molecular flexibility index (Phi) is 4.38. The van der Waals surface area contributed by atoms with Gasteiger partial charge in [0.25, 0.3) is 0 Å². The Morgan fingerprint density at radius 3 is 2.38 bits per heavy atom. The summed E-state index contributed by atoms with van der Waals surface area (Å²) < 4.78 is 5.28. The molecular formula is C13H28N2O. The number of nitrogens with two attached hydrogens (primary N) is 1. The highest BCUT2D eigenvalue weighted by atomic mass is 16.5. The molecule has 0 heterocycles. The van der Waals surface area contributed by atoms with Gasteiger partial charge in [0, 0.05) is 25.2 Å². The molecule has 0 bridgehead atoms. The van der Waals surface area contributed by atoms with E-state index in [1.165, 1.54) is 12.8 Å². The fourth-order valence-corrected chi connectivity index (χ4v) is 2.91. The lowest BCUT2D eigenvalue weighted by atomic mass is 9.81. The Hall–Kier alpha value is -0.120. The van der Waals surface area contributed by atoms with Crippen molar-refractivity contribution in [1.29, 1.82) is 0 Å². The van der Waals surface area contributed by atoms with Crippen LogP contribution < -0.4 is 5.73 Å². The first-order chi connectivity index (χ1) is 7.45. The SMILES string of the molecule is CCN(C(C)COC)C(C)(CN)C1(C)CC1. The highest BCUT2D eigenvalue weighted by Gasteiger charge is 2.55. The average Bonchev–Trinajstić information content (AvgIpc) is 2.99. The third-order valence-electron chi connectivity index (χ3n) is 4.61. The number of rotatable bonds is 7. The highest BCUT2D eigenvalue weighted by molar-refractivity contribution is 5.10. The zero-order valence-corrected chi connectivity index (χ0v) is 11.5. The van der Waals surface area contributed by atoms with Gasteiger partial charge in [0.2, 0.25) is 0 Å². The monoisotopic (exact) mass is 228 g/mol. The maximum absolute atomic E-state index is 6.06. The number of likely N-dealkylation sites (N-methyl/N-ethyl adjacent to an activating group) is 1. The number of nitrogens with zero attached hydrogens (tertiary/aromatic N) is 1. The van der Waals surface area contributed by atoms with Crippen molar-refractivity contribution < 1.29 is 4.74 Å². The van der Waals surface area contributed by atoms with Crippen molar-refractivity contribution in [1.82, 2.24) is 4.90 Å². The van der Waals surface area contributed by atoms with Gasteiger partial charge in [-0.05, 0) is 38.6 Å². The summed E-state index contributed by atoms with van der Waals surface area (Å²) in [4.78, 5) is 2.52. The van der Waals surface area contributed by atoms with Crippen LogP contribution in [-0.2, 0) is 4.74 Å². The van der Waals surface area contributed by atoms with E-state index in [4.69, 9.17) is 10.5 Å². The molecule has 0 aromatic rings. The molecule has 0 amide bonds. The van der Waals surface area contributed by atoms with Gasteiger partial charge in [-0.2, -0.15) is 0 Å². The lowest BCUT2D eigenvalue weighted by Crippen LogP contribution is -2.60. The van der Waals surface area contributed by atoms with Crippen LogP contribution in [0.1, 0.15) is 40.5 Å². The second-order valence-corrected chi connectivity index (χ2v) is 5.63. The number of hydrogen-bond donors (Lipinski definition) is 1. The van der Waals surface area contributed by atoms with E-state index in [-0.39, 0.29) is 5.54 Å². The summed E-state index contributed by atoms with van der Waals surface area (Å²) in [5.41, 5.74) is 6.57. The standard InChI is InChI=1S/C13H28N2O/c1-6-15(11(2)9-16-5)13(4,10-14)12(3)7-8-12/h11H,6-10,14H2,1-5H3. The molecule has 2 unspecified atom stereocenters. The van der Waals surface area contributed by atoms with Crippen molar-refractivity contribution in [3.8, 4) is 0 Å². The first kappa shape index (κ1) is 13.9. The molecule has 1 rings (SSSR count). The molecule has 1 saturated carbocycles. The van der Waals surface area contributed by atoms with E-state index >= 15 is 0 Å². The molecule has 1 aliphatic carbocycles. The third kappa shape index (κ3) is 2.27. The molecule has 1 aliphatic rings. The summed E-state index contributed by atoms with van der Waals surface area (Å²) in [6.45, 7) is 11.7. The predicted molar refractivity (Wildman–Crippen MR) is 68.5 cm³/mol. The van der Waals surface area contributed by atoms with Crippen LogP contribution >= 0.6 is 0 Å². The lowest BCUT2D eigenvalue weighted by Gasteiger charge is -2.48. The number of ether oxygens (including phenoxy) is 1. The minimum atomic E-state index is 0.111. The van der Waals surface area contributed by atoms with Gasteiger partial charge in [0.1, 0.15) is 0 Å². The van der Waals surface area contributed by atoms with Gasteiger partial charge in [0.05, 0.1) is 6.61 Å². The summed E-state index contributed by atoms with van der Waals surface area (Å²) in [5, 5.41) is 0. The summed E-state index contributed by atoms with van der Waals surface area (Å²) in [6.07, 6.45) is 2.60. The molecular weight excluding hydrogens is 200 g/mol. The molecule has 0 aliphatic heterocycles. The van der Waals surface area contributed by atoms with E-state index in [0.717, 1.165) is 19.7 Å². The third-order valence-corrected chi connectivity index (χ3v) is 4.61. The molecule has 3 nitrogen and oxygen atoms in total. The maximum atomic E-state index is 6.06. The van der Waals surface area contributed by atoms with Crippen LogP contribution in [0, 0.1) is 5.41 Å². The number of hydrogen-bond acceptors (Lipinski definition) is 3. The van der Waals surface area contributed by atoms with Gasteiger partial charge in [-0.15, -0.1) is 0 Å². The second-order valence-electron chi connectivity index (χ2n) is 5.63. The molecule has 0 radical (unpaired) electrons. The molecule has 1 fully saturated rings. The Bertz CT molecular complexity index is 228. The molecule has 0 aromatic heterocycles. The van der Waals surface area contributed by atoms with Gasteiger partial charge >= 0.3 is 0 Å². The number of methoxy groups -OCH3 is 1. The van der Waals surface area contributed by atoms with E-state index in [0.29, 0.717) is 11.5 Å². The van der Waals surface area contributed by atoms with Crippen molar-refractivity contribution in [2.24, 2.45) is 11.1 Å². The Morgan fingerprint density at radius 1 is 1.50 bits per heavy atom. The summed E-state index contributed by atoms with van der Waals surface area (Å²) in [6, 6.07) is 0.431. The van der Waals surface area contributed by atoms with Crippen LogP contribution in [0.5, 0.6) is 0 Å². The van der Waals surface area contributed by atoms with Gasteiger partial charge in [-0.25, -0.2) is 0 Å². The predicted octanol–water partition coefficient (Wildman–Crippen LogP) is 1.86. The minimum Gasteiger partial charge on any atom is -0.383 e.